The highest BCUT2D eigenvalue weighted by Crippen LogP contribution is 2.27. The number of para-hydroxylation sites is 1. The minimum absolute atomic E-state index is 0.620. The van der Waals surface area contributed by atoms with Crippen LogP contribution in [0.5, 0.6) is 5.75 Å². The van der Waals surface area contributed by atoms with Crippen LogP contribution in [0.2, 0.25) is 0 Å². The molecule has 1 aromatic carbocycles. The van der Waals surface area contributed by atoms with E-state index < -0.39 is 0 Å². The topological polar surface area (TPSA) is 36.3 Å². The summed E-state index contributed by atoms with van der Waals surface area (Å²) in [5.74, 6) is 0.707. The van der Waals surface area contributed by atoms with Crippen molar-refractivity contribution in [3.8, 4) is 11.8 Å². The highest BCUT2D eigenvalue weighted by atomic mass is 16.5. The van der Waals surface area contributed by atoms with Crippen LogP contribution in [-0.2, 0) is 0 Å². The fraction of sp³-hybridized carbons (Fsp3) is 0.562. The molecule has 0 spiro atoms. The van der Waals surface area contributed by atoms with Gasteiger partial charge in [-0.2, -0.15) is 5.26 Å². The second kappa shape index (κ2) is 7.16. The third kappa shape index (κ3) is 4.25. The van der Waals surface area contributed by atoms with Gasteiger partial charge in [0.1, 0.15) is 11.8 Å². The molecule has 0 aliphatic heterocycles. The molecule has 19 heavy (non-hydrogen) atoms. The maximum absolute atomic E-state index is 8.98. The lowest BCUT2D eigenvalue weighted by Gasteiger charge is -2.21. The Morgan fingerprint density at radius 2 is 2.11 bits per heavy atom. The average Bonchev–Trinajstić information content (AvgIpc) is 3.27. The molecule has 0 radical (unpaired) electrons. The standard InChI is InChI=1S/C16H22N2O/c1-2-10-18(15-8-9-15)11-5-12-19-16-7-4-3-6-14(16)13-17/h3-4,6-7,15H,2,5,8-12H2,1H3. The van der Waals surface area contributed by atoms with E-state index in [0.29, 0.717) is 17.9 Å². The van der Waals surface area contributed by atoms with Crippen molar-refractivity contribution in [2.45, 2.75) is 38.6 Å². The predicted octanol–water partition coefficient (Wildman–Crippen LogP) is 3.20. The molecule has 1 saturated carbocycles. The summed E-state index contributed by atoms with van der Waals surface area (Å²) in [6.45, 7) is 5.22. The molecule has 102 valence electrons. The van der Waals surface area contributed by atoms with Gasteiger partial charge >= 0.3 is 0 Å². The van der Waals surface area contributed by atoms with Crippen LogP contribution in [0.3, 0.4) is 0 Å². The molecule has 1 aliphatic carbocycles. The molecular formula is C16H22N2O. The van der Waals surface area contributed by atoms with Gasteiger partial charge in [-0.1, -0.05) is 19.1 Å². The Hall–Kier alpha value is -1.53. The van der Waals surface area contributed by atoms with Gasteiger partial charge in [0.05, 0.1) is 12.2 Å². The molecule has 3 heteroatoms. The molecule has 0 aromatic heterocycles. The van der Waals surface area contributed by atoms with E-state index in [1.54, 1.807) is 6.07 Å². The quantitative estimate of drug-likeness (QED) is 0.672. The zero-order valence-electron chi connectivity index (χ0n) is 11.6. The van der Waals surface area contributed by atoms with E-state index in [2.05, 4.69) is 17.9 Å². The lowest BCUT2D eigenvalue weighted by Crippen LogP contribution is -2.28. The summed E-state index contributed by atoms with van der Waals surface area (Å²) in [5, 5.41) is 8.98. The van der Waals surface area contributed by atoms with Gasteiger partial charge in [-0.3, -0.25) is 0 Å². The van der Waals surface area contributed by atoms with Gasteiger partial charge in [-0.15, -0.1) is 0 Å². The summed E-state index contributed by atoms with van der Waals surface area (Å²) in [7, 11) is 0. The van der Waals surface area contributed by atoms with Gasteiger partial charge in [0.15, 0.2) is 0 Å². The summed E-state index contributed by atoms with van der Waals surface area (Å²) < 4.78 is 5.71. The number of nitriles is 1. The first-order valence-electron chi connectivity index (χ1n) is 7.21. The van der Waals surface area contributed by atoms with Gasteiger partial charge < -0.3 is 9.64 Å². The molecule has 0 atom stereocenters. The molecule has 1 fully saturated rings. The summed E-state index contributed by atoms with van der Waals surface area (Å²) in [6.07, 6.45) is 4.96. The van der Waals surface area contributed by atoms with Crippen LogP contribution in [0.25, 0.3) is 0 Å². The van der Waals surface area contributed by atoms with Gasteiger partial charge in [0, 0.05) is 12.6 Å². The molecule has 0 unspecified atom stereocenters. The van der Waals surface area contributed by atoms with E-state index in [0.717, 1.165) is 19.0 Å². The lowest BCUT2D eigenvalue weighted by atomic mass is 10.2. The normalized spacial score (nSPS) is 14.4. The molecule has 0 bridgehead atoms. The van der Waals surface area contributed by atoms with Crippen LogP contribution < -0.4 is 4.74 Å². The molecule has 0 saturated heterocycles. The first-order chi connectivity index (χ1) is 9.35. The van der Waals surface area contributed by atoms with Crippen molar-refractivity contribution in [1.29, 1.82) is 5.26 Å². The maximum atomic E-state index is 8.98. The van der Waals surface area contributed by atoms with Crippen LogP contribution in [-0.4, -0.2) is 30.6 Å². The van der Waals surface area contributed by atoms with E-state index in [4.69, 9.17) is 10.00 Å². The smallest absolute Gasteiger partial charge is 0.137 e. The number of hydrogen-bond donors (Lipinski definition) is 0. The van der Waals surface area contributed by atoms with E-state index in [1.807, 2.05) is 18.2 Å². The molecule has 3 nitrogen and oxygen atoms in total. The average molecular weight is 258 g/mol. The summed E-state index contributed by atoms with van der Waals surface area (Å²) in [6, 6.07) is 10.4. The second-order valence-corrected chi connectivity index (χ2v) is 5.08. The van der Waals surface area contributed by atoms with Crippen molar-refractivity contribution < 1.29 is 4.74 Å². The van der Waals surface area contributed by atoms with Crippen molar-refractivity contribution in [1.82, 2.24) is 4.90 Å². The number of ether oxygens (including phenoxy) is 1. The first kappa shape index (κ1) is 13.9. The summed E-state index contributed by atoms with van der Waals surface area (Å²) in [5.41, 5.74) is 0.620. The van der Waals surface area contributed by atoms with Crippen molar-refractivity contribution in [3.63, 3.8) is 0 Å². The van der Waals surface area contributed by atoms with Crippen LogP contribution in [0.15, 0.2) is 24.3 Å². The molecule has 2 rings (SSSR count). The number of benzene rings is 1. The minimum Gasteiger partial charge on any atom is -0.492 e. The Morgan fingerprint density at radius 3 is 2.79 bits per heavy atom. The Kier molecular flexibility index (Phi) is 5.23. The maximum Gasteiger partial charge on any atom is 0.137 e. The summed E-state index contributed by atoms with van der Waals surface area (Å²) >= 11 is 0. The van der Waals surface area contributed by atoms with E-state index in [1.165, 1.54) is 25.8 Å². The third-order valence-electron chi connectivity index (χ3n) is 3.43. The lowest BCUT2D eigenvalue weighted by molar-refractivity contribution is 0.227. The van der Waals surface area contributed by atoms with Gasteiger partial charge in [-0.25, -0.2) is 0 Å². The first-order valence-corrected chi connectivity index (χ1v) is 7.21. The van der Waals surface area contributed by atoms with E-state index in [-0.39, 0.29) is 0 Å². The van der Waals surface area contributed by atoms with Crippen molar-refractivity contribution in [3.05, 3.63) is 29.8 Å². The molecule has 0 N–H and O–H groups in total. The SMILES string of the molecule is CCCN(CCCOc1ccccc1C#N)C1CC1. The molecule has 0 amide bonds. The van der Waals surface area contributed by atoms with Gasteiger partial charge in [0.2, 0.25) is 0 Å². The molecule has 1 aromatic rings. The predicted molar refractivity (Wildman–Crippen MR) is 76.2 cm³/mol. The largest absolute Gasteiger partial charge is 0.492 e. The zero-order valence-corrected chi connectivity index (χ0v) is 11.6. The highest BCUT2D eigenvalue weighted by Gasteiger charge is 2.27. The fourth-order valence-corrected chi connectivity index (χ4v) is 2.34. The monoisotopic (exact) mass is 258 g/mol. The summed E-state index contributed by atoms with van der Waals surface area (Å²) in [4.78, 5) is 2.57. The number of hydrogen-bond acceptors (Lipinski definition) is 3. The van der Waals surface area contributed by atoms with Crippen LogP contribution in [0.4, 0.5) is 0 Å². The van der Waals surface area contributed by atoms with Crippen molar-refractivity contribution in [2.75, 3.05) is 19.7 Å². The van der Waals surface area contributed by atoms with Crippen LogP contribution >= 0.6 is 0 Å². The Bertz CT molecular complexity index is 435. The minimum atomic E-state index is 0.620. The Balaban J connectivity index is 1.72. The number of rotatable bonds is 8. The number of nitrogens with zero attached hydrogens (tertiary/aromatic N) is 2. The molecule has 0 heterocycles. The Morgan fingerprint density at radius 1 is 1.32 bits per heavy atom. The third-order valence-corrected chi connectivity index (χ3v) is 3.43. The van der Waals surface area contributed by atoms with E-state index in [9.17, 15) is 0 Å². The molecular weight excluding hydrogens is 236 g/mol. The van der Waals surface area contributed by atoms with Crippen molar-refractivity contribution in [2.24, 2.45) is 0 Å². The Labute approximate surface area is 115 Å². The highest BCUT2D eigenvalue weighted by molar-refractivity contribution is 5.42. The van der Waals surface area contributed by atoms with Crippen molar-refractivity contribution >= 4 is 0 Å². The molecule has 1 aliphatic rings. The zero-order chi connectivity index (χ0) is 13.5. The van der Waals surface area contributed by atoms with E-state index >= 15 is 0 Å². The van der Waals surface area contributed by atoms with Crippen LogP contribution in [0, 0.1) is 11.3 Å². The van der Waals surface area contributed by atoms with Gasteiger partial charge in [-0.05, 0) is 44.4 Å². The van der Waals surface area contributed by atoms with Gasteiger partial charge in [0.25, 0.3) is 0 Å². The fourth-order valence-electron chi connectivity index (χ4n) is 2.34. The van der Waals surface area contributed by atoms with Crippen LogP contribution in [0.1, 0.15) is 38.2 Å². The second-order valence-electron chi connectivity index (χ2n) is 5.08.